The van der Waals surface area contributed by atoms with Crippen LogP contribution in [0.3, 0.4) is 0 Å². The molecule has 0 bridgehead atoms. The molecule has 3 aromatic heterocycles. The number of alkyl halides is 9. The number of aromatic nitrogens is 3. The number of ether oxygens (including phenoxy) is 3. The smallest absolute Gasteiger partial charge is 0.416 e. The van der Waals surface area contributed by atoms with Gasteiger partial charge in [0.2, 0.25) is 5.52 Å². The number of rotatable bonds is 3. The number of pyridine rings is 3. The van der Waals surface area contributed by atoms with E-state index in [1.165, 1.54) is 57.9 Å². The van der Waals surface area contributed by atoms with Gasteiger partial charge >= 0.3 is 18.5 Å². The Morgan fingerprint density at radius 1 is 0.620 bits per heavy atom. The number of benzene rings is 3. The second-order valence-electron chi connectivity index (χ2n) is 10.1. The quantitative estimate of drug-likeness (QED) is 0.113. The Morgan fingerprint density at radius 3 is 1.68 bits per heavy atom. The molecule has 3 aromatic carbocycles. The number of methoxy groups -OCH3 is 3. The summed E-state index contributed by atoms with van der Waals surface area (Å²) in [6.07, 6.45) is -10.7. The molecule has 17 heteroatoms. The van der Waals surface area contributed by atoms with Crippen molar-refractivity contribution >= 4 is 32.7 Å². The monoisotopic (exact) mass is 713 g/mol. The fraction of sp³-hybridized carbons (Fsp3) is 0.182. The van der Waals surface area contributed by atoms with Crippen molar-refractivity contribution < 1.29 is 58.5 Å². The second kappa shape index (κ2) is 14.4. The summed E-state index contributed by atoms with van der Waals surface area (Å²) in [6.45, 7) is 0. The Kier molecular flexibility index (Phi) is 10.7. The summed E-state index contributed by atoms with van der Waals surface area (Å²) in [5, 5.41) is 12.8. The van der Waals surface area contributed by atoms with Crippen LogP contribution in [0.25, 0.3) is 32.7 Å². The molecule has 0 spiro atoms. The Hall–Kier alpha value is -5.74. The molecular weight excluding hydrogens is 689 g/mol. The van der Waals surface area contributed by atoms with Gasteiger partial charge in [0.25, 0.3) is 5.56 Å². The summed E-state index contributed by atoms with van der Waals surface area (Å²) in [5.41, 5.74) is -2.58. The van der Waals surface area contributed by atoms with Crippen LogP contribution in [0.15, 0.2) is 90.0 Å². The fourth-order valence-corrected chi connectivity index (χ4v) is 4.63. The second-order valence-corrected chi connectivity index (χ2v) is 10.1. The van der Waals surface area contributed by atoms with Crippen molar-refractivity contribution in [2.75, 3.05) is 21.3 Å². The number of H-pyrrole nitrogens is 1. The predicted octanol–water partition coefficient (Wildman–Crippen LogP) is 8.32. The molecule has 0 fully saturated rings. The molecular formula is C33H24F9N3O5. The predicted molar refractivity (Wildman–Crippen MR) is 164 cm³/mol. The van der Waals surface area contributed by atoms with Crippen molar-refractivity contribution in [1.29, 1.82) is 0 Å². The molecule has 0 unspecified atom stereocenters. The van der Waals surface area contributed by atoms with Gasteiger partial charge in [0.1, 0.15) is 17.2 Å². The molecule has 0 saturated heterocycles. The van der Waals surface area contributed by atoms with Crippen LogP contribution in [0.2, 0.25) is 0 Å². The lowest BCUT2D eigenvalue weighted by molar-refractivity contribution is -0.577. The Morgan fingerprint density at radius 2 is 1.12 bits per heavy atom. The number of fused-ring (bicyclic) bond motifs is 3. The third kappa shape index (κ3) is 8.45. The van der Waals surface area contributed by atoms with E-state index in [9.17, 15) is 49.5 Å². The van der Waals surface area contributed by atoms with Crippen LogP contribution in [-0.4, -0.2) is 31.3 Å². The first-order valence-electron chi connectivity index (χ1n) is 13.9. The lowest BCUT2D eigenvalue weighted by atomic mass is 10.1. The van der Waals surface area contributed by atoms with Gasteiger partial charge in [0, 0.05) is 35.2 Å². The number of nitrogens with one attached hydrogen (secondary N) is 1. The minimum Gasteiger partial charge on any atom is -0.618 e. The van der Waals surface area contributed by atoms with E-state index in [0.717, 1.165) is 42.6 Å². The van der Waals surface area contributed by atoms with E-state index >= 15 is 0 Å². The average molecular weight is 714 g/mol. The fourth-order valence-electron chi connectivity index (χ4n) is 4.63. The van der Waals surface area contributed by atoms with Gasteiger partial charge in [-0.2, -0.15) is 44.2 Å². The molecule has 50 heavy (non-hydrogen) atoms. The van der Waals surface area contributed by atoms with Crippen LogP contribution in [0.4, 0.5) is 39.5 Å². The molecule has 0 radical (unpaired) electrons. The van der Waals surface area contributed by atoms with Crippen molar-refractivity contribution in [1.82, 2.24) is 9.97 Å². The highest BCUT2D eigenvalue weighted by Crippen LogP contribution is 2.35. The van der Waals surface area contributed by atoms with Crippen molar-refractivity contribution in [3.63, 3.8) is 0 Å². The van der Waals surface area contributed by atoms with Gasteiger partial charge in [-0.1, -0.05) is 0 Å². The first-order valence-corrected chi connectivity index (χ1v) is 13.9. The van der Waals surface area contributed by atoms with E-state index in [-0.39, 0.29) is 22.3 Å². The number of hydrogen-bond donors (Lipinski definition) is 1. The summed E-state index contributed by atoms with van der Waals surface area (Å²) < 4.78 is 128. The molecule has 3 heterocycles. The third-order valence-electron chi connectivity index (χ3n) is 7.01. The molecule has 8 nitrogen and oxygen atoms in total. The minimum atomic E-state index is -4.47. The van der Waals surface area contributed by atoms with E-state index in [1.807, 2.05) is 0 Å². The number of nitrogens with zero attached hydrogens (tertiary/aromatic N) is 2. The van der Waals surface area contributed by atoms with Crippen molar-refractivity contribution in [2.24, 2.45) is 0 Å². The summed E-state index contributed by atoms with van der Waals surface area (Å²) >= 11 is 0. The van der Waals surface area contributed by atoms with Crippen LogP contribution in [0.5, 0.6) is 17.2 Å². The largest absolute Gasteiger partial charge is 0.618 e. The van der Waals surface area contributed by atoms with Crippen LogP contribution in [0, 0.1) is 5.21 Å². The summed E-state index contributed by atoms with van der Waals surface area (Å²) in [6, 6.07) is 13.7. The molecule has 0 aliphatic rings. The molecule has 0 aliphatic carbocycles. The Bertz CT molecular complexity index is 2200. The standard InChI is InChI=1S/2C11H8F3NO2.C11H8F3NO/c1-17-9-5-10(16)15-8-4-6(11(12,13)14)2-3-7(8)9;1-17-10-4-5-15(16)9-6-7(11(12,13)14)2-3-8(9)10;1-16-10-4-5-15-9-6-7(11(12,13)14)2-3-8(9)10/h2-5H,1H3,(H,15,16);2-6H,1H3;2-6H,1H3. The van der Waals surface area contributed by atoms with Gasteiger partial charge in [-0.15, -0.1) is 0 Å². The SMILES string of the molecule is COc1cc(=O)[nH]c2cc(C(F)(F)F)ccc12.COc1cc[n+]([O-])c2cc(C(F)(F)F)ccc12.COc1ccnc2cc(C(F)(F)F)ccc12. The molecule has 0 atom stereocenters. The van der Waals surface area contributed by atoms with E-state index < -0.39 is 40.8 Å². The third-order valence-corrected chi connectivity index (χ3v) is 7.01. The topological polar surface area (TPSA) is 100 Å². The van der Waals surface area contributed by atoms with E-state index in [0.29, 0.717) is 32.4 Å². The molecule has 264 valence electrons. The van der Waals surface area contributed by atoms with E-state index in [2.05, 4.69) is 9.97 Å². The van der Waals surface area contributed by atoms with Gasteiger partial charge < -0.3 is 24.4 Å². The van der Waals surface area contributed by atoms with Gasteiger partial charge in [-0.05, 0) is 54.6 Å². The maximum atomic E-state index is 12.5. The molecule has 0 saturated carbocycles. The number of halogens is 9. The lowest BCUT2D eigenvalue weighted by Gasteiger charge is -2.09. The van der Waals surface area contributed by atoms with Gasteiger partial charge in [0.05, 0.1) is 54.4 Å². The highest BCUT2D eigenvalue weighted by molar-refractivity contribution is 5.86. The minimum absolute atomic E-state index is 0.0702. The molecule has 0 aliphatic heterocycles. The average Bonchev–Trinajstić information content (AvgIpc) is 3.06. The summed E-state index contributed by atoms with van der Waals surface area (Å²) in [4.78, 5) is 17.4. The Labute approximate surface area is 275 Å². The van der Waals surface area contributed by atoms with E-state index in [4.69, 9.17) is 14.2 Å². The zero-order valence-electron chi connectivity index (χ0n) is 25.9. The van der Waals surface area contributed by atoms with Crippen LogP contribution >= 0.6 is 0 Å². The number of aromatic amines is 1. The molecule has 0 amide bonds. The van der Waals surface area contributed by atoms with Gasteiger partial charge in [0.15, 0.2) is 6.20 Å². The maximum absolute atomic E-state index is 12.5. The Balaban J connectivity index is 0.000000169. The van der Waals surface area contributed by atoms with Crippen LogP contribution < -0.4 is 24.5 Å². The highest BCUT2D eigenvalue weighted by Gasteiger charge is 2.33. The first-order chi connectivity index (χ1) is 23.4. The molecule has 6 aromatic rings. The normalized spacial score (nSPS) is 11.8. The van der Waals surface area contributed by atoms with Gasteiger partial charge in [-0.25, -0.2) is 0 Å². The first kappa shape index (κ1) is 37.1. The highest BCUT2D eigenvalue weighted by atomic mass is 19.4. The van der Waals surface area contributed by atoms with Crippen LogP contribution in [0.1, 0.15) is 16.7 Å². The maximum Gasteiger partial charge on any atom is 0.416 e. The lowest BCUT2D eigenvalue weighted by Crippen LogP contribution is -2.26. The zero-order chi connectivity index (χ0) is 37.0. The van der Waals surface area contributed by atoms with Gasteiger partial charge in [-0.3, -0.25) is 9.78 Å². The van der Waals surface area contributed by atoms with Crippen molar-refractivity contribution in [2.45, 2.75) is 18.5 Å². The van der Waals surface area contributed by atoms with Crippen molar-refractivity contribution in [3.8, 4) is 17.2 Å². The molecule has 1 N–H and O–H groups in total. The summed E-state index contributed by atoms with van der Waals surface area (Å²) in [5.74, 6) is 1.12. The summed E-state index contributed by atoms with van der Waals surface area (Å²) in [7, 11) is 4.21. The van der Waals surface area contributed by atoms with E-state index in [1.54, 1.807) is 6.07 Å². The number of hydrogen-bond acceptors (Lipinski definition) is 6. The van der Waals surface area contributed by atoms with Crippen molar-refractivity contribution in [3.05, 3.63) is 117 Å². The molecule has 6 rings (SSSR count). The zero-order valence-corrected chi connectivity index (χ0v) is 25.9. The van der Waals surface area contributed by atoms with Crippen LogP contribution in [-0.2, 0) is 18.5 Å².